The molecule has 0 bridgehead atoms. The lowest BCUT2D eigenvalue weighted by Gasteiger charge is -2.15. The van der Waals surface area contributed by atoms with E-state index < -0.39 is 0 Å². The third-order valence-corrected chi connectivity index (χ3v) is 3.30. The van der Waals surface area contributed by atoms with E-state index in [9.17, 15) is 4.79 Å². The molecule has 2 N–H and O–H groups in total. The highest BCUT2D eigenvalue weighted by atomic mass is 16.2. The summed E-state index contributed by atoms with van der Waals surface area (Å²) in [5, 5.41) is 11.6. The number of rotatable bonds is 5. The first kappa shape index (κ1) is 16.3. The van der Waals surface area contributed by atoms with Crippen LogP contribution in [0.25, 0.3) is 0 Å². The van der Waals surface area contributed by atoms with Gasteiger partial charge in [-0.2, -0.15) is 0 Å². The number of aliphatic hydroxyl groups excluding tert-OH is 1. The van der Waals surface area contributed by atoms with E-state index in [1.54, 1.807) is 0 Å². The zero-order valence-corrected chi connectivity index (χ0v) is 12.4. The van der Waals surface area contributed by atoms with Crippen molar-refractivity contribution in [3.05, 3.63) is 35.4 Å². The van der Waals surface area contributed by atoms with E-state index in [1.807, 2.05) is 45.0 Å². The van der Waals surface area contributed by atoms with Crippen LogP contribution in [0.15, 0.2) is 24.3 Å². The van der Waals surface area contributed by atoms with E-state index in [0.717, 1.165) is 11.1 Å². The summed E-state index contributed by atoms with van der Waals surface area (Å²) in [5.74, 6) is 6.31. The van der Waals surface area contributed by atoms with Gasteiger partial charge in [-0.1, -0.05) is 44.7 Å². The topological polar surface area (TPSA) is 49.3 Å². The van der Waals surface area contributed by atoms with E-state index in [2.05, 4.69) is 17.2 Å². The lowest BCUT2D eigenvalue weighted by Crippen LogP contribution is -2.31. The molecule has 0 aliphatic carbocycles. The Morgan fingerprint density at radius 1 is 1.25 bits per heavy atom. The smallest absolute Gasteiger partial charge is 0.223 e. The Bertz CT molecular complexity index is 480. The Kier molecular flexibility index (Phi) is 6.83. The van der Waals surface area contributed by atoms with Crippen molar-refractivity contribution in [2.45, 2.75) is 33.7 Å². The highest BCUT2D eigenvalue weighted by molar-refractivity contribution is 5.78. The number of aliphatic hydroxyl groups is 1. The van der Waals surface area contributed by atoms with Crippen molar-refractivity contribution in [3.63, 3.8) is 0 Å². The number of benzene rings is 1. The van der Waals surface area contributed by atoms with Crippen LogP contribution in [0.2, 0.25) is 0 Å². The monoisotopic (exact) mass is 273 g/mol. The molecule has 1 unspecified atom stereocenters. The second kappa shape index (κ2) is 8.39. The molecule has 0 radical (unpaired) electrons. The number of carbonyl (C=O) groups excluding carboxylic acids is 1. The first-order valence-electron chi connectivity index (χ1n) is 7.01. The Hall–Kier alpha value is -1.79. The number of amides is 1. The normalized spacial score (nSPS) is 11.7. The maximum atomic E-state index is 11.8. The van der Waals surface area contributed by atoms with Crippen LogP contribution in [0, 0.1) is 23.7 Å². The molecule has 0 aliphatic rings. The van der Waals surface area contributed by atoms with Crippen LogP contribution in [0.1, 0.15) is 38.3 Å². The van der Waals surface area contributed by atoms with Gasteiger partial charge in [-0.05, 0) is 23.6 Å². The van der Waals surface area contributed by atoms with Crippen molar-refractivity contribution in [1.82, 2.24) is 5.32 Å². The minimum absolute atomic E-state index is 0.0265. The van der Waals surface area contributed by atoms with Crippen molar-refractivity contribution in [2.75, 3.05) is 6.61 Å². The Morgan fingerprint density at radius 2 is 1.90 bits per heavy atom. The van der Waals surface area contributed by atoms with Gasteiger partial charge in [0.1, 0.15) is 0 Å². The van der Waals surface area contributed by atoms with Gasteiger partial charge < -0.3 is 10.4 Å². The summed E-state index contributed by atoms with van der Waals surface area (Å²) in [5.41, 5.74) is 1.98. The lowest BCUT2D eigenvalue weighted by molar-refractivity contribution is -0.125. The minimum Gasteiger partial charge on any atom is -0.395 e. The molecule has 20 heavy (non-hydrogen) atoms. The maximum absolute atomic E-state index is 11.8. The fourth-order valence-electron chi connectivity index (χ4n) is 1.58. The summed E-state index contributed by atoms with van der Waals surface area (Å²) in [7, 11) is 0. The summed E-state index contributed by atoms with van der Waals surface area (Å²) in [6, 6.07) is 7.78. The van der Waals surface area contributed by atoms with Crippen LogP contribution >= 0.6 is 0 Å². The predicted octanol–water partition coefficient (Wildman–Crippen LogP) is 2.33. The van der Waals surface area contributed by atoms with E-state index in [1.165, 1.54) is 0 Å². The Balaban J connectivity index is 2.50. The Morgan fingerprint density at radius 3 is 2.45 bits per heavy atom. The zero-order chi connectivity index (χ0) is 15.0. The van der Waals surface area contributed by atoms with Gasteiger partial charge in [-0.15, -0.1) is 0 Å². The summed E-state index contributed by atoms with van der Waals surface area (Å²) in [6.45, 7) is 6.67. The number of hydrogen-bond donors (Lipinski definition) is 2. The first-order chi connectivity index (χ1) is 9.54. The van der Waals surface area contributed by atoms with E-state index in [0.29, 0.717) is 18.9 Å². The van der Waals surface area contributed by atoms with Gasteiger partial charge in [0.25, 0.3) is 0 Å². The van der Waals surface area contributed by atoms with Crippen LogP contribution in [-0.2, 0) is 11.3 Å². The summed E-state index contributed by atoms with van der Waals surface area (Å²) in [4.78, 5) is 11.8. The van der Waals surface area contributed by atoms with Gasteiger partial charge in [-0.25, -0.2) is 0 Å². The molecule has 0 saturated heterocycles. The highest BCUT2D eigenvalue weighted by Crippen LogP contribution is 2.10. The molecule has 0 spiro atoms. The SMILES string of the molecule is CC(C)C(C)C(=O)NCc1ccc(C#CCCO)cc1. The van der Waals surface area contributed by atoms with E-state index >= 15 is 0 Å². The molecule has 1 amide bonds. The van der Waals surface area contributed by atoms with Crippen molar-refractivity contribution >= 4 is 5.91 Å². The van der Waals surface area contributed by atoms with Gasteiger partial charge in [0.15, 0.2) is 0 Å². The predicted molar refractivity (Wildman–Crippen MR) is 80.9 cm³/mol. The molecule has 0 aromatic heterocycles. The molecule has 0 fully saturated rings. The molecule has 1 aromatic carbocycles. The average Bonchev–Trinajstić information content (AvgIpc) is 2.45. The maximum Gasteiger partial charge on any atom is 0.223 e. The van der Waals surface area contributed by atoms with Crippen molar-refractivity contribution in [1.29, 1.82) is 0 Å². The van der Waals surface area contributed by atoms with Crippen LogP contribution in [0.3, 0.4) is 0 Å². The molecule has 0 saturated carbocycles. The second-order valence-electron chi connectivity index (χ2n) is 5.22. The molecule has 0 aliphatic heterocycles. The molecular weight excluding hydrogens is 250 g/mol. The highest BCUT2D eigenvalue weighted by Gasteiger charge is 2.15. The second-order valence-corrected chi connectivity index (χ2v) is 5.22. The fraction of sp³-hybridized carbons (Fsp3) is 0.471. The van der Waals surface area contributed by atoms with Crippen molar-refractivity contribution < 1.29 is 9.90 Å². The minimum atomic E-state index is 0.0265. The van der Waals surface area contributed by atoms with E-state index in [-0.39, 0.29) is 18.4 Å². The van der Waals surface area contributed by atoms with Crippen LogP contribution in [0.5, 0.6) is 0 Å². The standard InChI is InChI=1S/C17H23NO2/c1-13(2)14(3)17(20)18-12-16-9-7-15(8-10-16)6-4-5-11-19/h7-10,13-14,19H,5,11-12H2,1-3H3,(H,18,20). The molecule has 1 atom stereocenters. The van der Waals surface area contributed by atoms with E-state index in [4.69, 9.17) is 5.11 Å². The van der Waals surface area contributed by atoms with Gasteiger partial charge in [0.05, 0.1) is 6.61 Å². The lowest BCUT2D eigenvalue weighted by atomic mass is 9.97. The van der Waals surface area contributed by atoms with Crippen LogP contribution in [0.4, 0.5) is 0 Å². The van der Waals surface area contributed by atoms with Crippen molar-refractivity contribution in [3.8, 4) is 11.8 Å². The quantitative estimate of drug-likeness (QED) is 0.809. The molecule has 1 aromatic rings. The molecular formula is C17H23NO2. The van der Waals surface area contributed by atoms with Gasteiger partial charge in [0.2, 0.25) is 5.91 Å². The summed E-state index contributed by atoms with van der Waals surface area (Å²) in [6.07, 6.45) is 0.491. The Labute approximate surface area is 121 Å². The largest absolute Gasteiger partial charge is 0.395 e. The third kappa shape index (κ3) is 5.46. The molecule has 0 heterocycles. The van der Waals surface area contributed by atoms with Crippen LogP contribution < -0.4 is 5.32 Å². The third-order valence-electron chi connectivity index (χ3n) is 3.30. The van der Waals surface area contributed by atoms with Crippen LogP contribution in [-0.4, -0.2) is 17.6 Å². The zero-order valence-electron chi connectivity index (χ0n) is 12.4. The number of nitrogens with one attached hydrogen (secondary N) is 1. The molecule has 3 nitrogen and oxygen atoms in total. The first-order valence-corrected chi connectivity index (χ1v) is 7.01. The molecule has 3 heteroatoms. The van der Waals surface area contributed by atoms with Crippen molar-refractivity contribution in [2.24, 2.45) is 11.8 Å². The van der Waals surface area contributed by atoms with Gasteiger partial charge in [-0.3, -0.25) is 4.79 Å². The average molecular weight is 273 g/mol. The van der Waals surface area contributed by atoms with Gasteiger partial charge in [0, 0.05) is 24.4 Å². The molecule has 1 rings (SSSR count). The molecule has 108 valence electrons. The number of carbonyl (C=O) groups is 1. The fourth-order valence-corrected chi connectivity index (χ4v) is 1.58. The summed E-state index contributed by atoms with van der Waals surface area (Å²) >= 11 is 0. The van der Waals surface area contributed by atoms with Gasteiger partial charge >= 0.3 is 0 Å². The number of hydrogen-bond acceptors (Lipinski definition) is 2. The summed E-state index contributed by atoms with van der Waals surface area (Å²) < 4.78 is 0.